The van der Waals surface area contributed by atoms with E-state index in [1.165, 1.54) is 21.3 Å². The summed E-state index contributed by atoms with van der Waals surface area (Å²) in [5, 5.41) is 0. The van der Waals surface area contributed by atoms with E-state index in [0.29, 0.717) is 39.7 Å². The maximum Gasteiger partial charge on any atom is 0.337 e. The molecule has 3 rings (SSSR count). The van der Waals surface area contributed by atoms with Crippen LogP contribution in [0.4, 0.5) is 0 Å². The smallest absolute Gasteiger partial charge is 0.337 e. The highest BCUT2D eigenvalue weighted by atomic mass is 16.6. The Bertz CT molecular complexity index is 959. The minimum atomic E-state index is -0.535. The summed E-state index contributed by atoms with van der Waals surface area (Å²) in [7, 11) is 4.47. The molecule has 0 unspecified atom stereocenters. The van der Waals surface area contributed by atoms with Gasteiger partial charge in [-0.05, 0) is 31.2 Å². The average molecular weight is 384 g/mol. The molecule has 7 heteroatoms. The predicted molar refractivity (Wildman–Crippen MR) is 101 cm³/mol. The number of hydrogen-bond acceptors (Lipinski definition) is 7. The first-order chi connectivity index (χ1) is 13.5. The van der Waals surface area contributed by atoms with Gasteiger partial charge in [0, 0.05) is 18.2 Å². The van der Waals surface area contributed by atoms with Gasteiger partial charge in [0.2, 0.25) is 5.78 Å². The topological polar surface area (TPSA) is 80.3 Å². The average Bonchev–Trinajstić information content (AvgIpc) is 3.00. The largest absolute Gasteiger partial charge is 0.493 e. The number of ketones is 1. The van der Waals surface area contributed by atoms with Gasteiger partial charge in [0.1, 0.15) is 18.1 Å². The van der Waals surface area contributed by atoms with E-state index in [-0.39, 0.29) is 18.1 Å². The normalized spacial score (nSPS) is 13.9. The van der Waals surface area contributed by atoms with Gasteiger partial charge in [-0.15, -0.1) is 0 Å². The summed E-state index contributed by atoms with van der Waals surface area (Å²) in [6.07, 6.45) is 1.60. The summed E-state index contributed by atoms with van der Waals surface area (Å²) in [5.41, 5.74) is 1.59. The molecule has 0 atom stereocenters. The number of methoxy groups -OCH3 is 3. The van der Waals surface area contributed by atoms with Crippen LogP contribution in [-0.4, -0.2) is 39.7 Å². The number of carbonyl (C=O) groups excluding carboxylic acids is 2. The third-order valence-electron chi connectivity index (χ3n) is 4.24. The van der Waals surface area contributed by atoms with Crippen molar-refractivity contribution in [2.45, 2.75) is 6.92 Å². The molecule has 0 N–H and O–H groups in total. The molecule has 0 aromatic heterocycles. The van der Waals surface area contributed by atoms with E-state index in [2.05, 4.69) is 0 Å². The first kappa shape index (κ1) is 19.4. The Kier molecular flexibility index (Phi) is 5.65. The van der Waals surface area contributed by atoms with Crippen molar-refractivity contribution in [1.82, 2.24) is 0 Å². The van der Waals surface area contributed by atoms with E-state index in [4.69, 9.17) is 23.7 Å². The molecular formula is C21H20O7. The Labute approximate surface area is 162 Å². The quantitative estimate of drug-likeness (QED) is 0.430. The van der Waals surface area contributed by atoms with Crippen LogP contribution in [0.1, 0.15) is 21.5 Å². The summed E-state index contributed by atoms with van der Waals surface area (Å²) < 4.78 is 26.5. The highest BCUT2D eigenvalue weighted by Crippen LogP contribution is 2.40. The Morgan fingerprint density at radius 3 is 2.54 bits per heavy atom. The third-order valence-corrected chi connectivity index (χ3v) is 4.24. The molecule has 146 valence electrons. The molecule has 0 amide bonds. The molecular weight excluding hydrogens is 364 g/mol. The molecule has 1 aliphatic heterocycles. The molecule has 0 bridgehead atoms. The molecule has 28 heavy (non-hydrogen) atoms. The molecule has 1 aliphatic rings. The lowest BCUT2D eigenvalue weighted by molar-refractivity contribution is -0.138. The molecule has 2 aromatic rings. The predicted octanol–water partition coefficient (Wildman–Crippen LogP) is 3.18. The molecule has 0 aliphatic carbocycles. The van der Waals surface area contributed by atoms with Crippen LogP contribution >= 0.6 is 0 Å². The van der Waals surface area contributed by atoms with E-state index in [1.807, 2.05) is 0 Å². The van der Waals surface area contributed by atoms with Crippen molar-refractivity contribution < 1.29 is 33.3 Å². The highest BCUT2D eigenvalue weighted by Gasteiger charge is 2.31. The summed E-state index contributed by atoms with van der Waals surface area (Å²) in [4.78, 5) is 24.4. The molecule has 0 fully saturated rings. The molecule has 7 nitrogen and oxygen atoms in total. The number of fused-ring (bicyclic) bond motifs is 1. The number of hydrogen-bond donors (Lipinski definition) is 0. The number of allylic oxidation sites excluding steroid dienone is 1. The van der Waals surface area contributed by atoms with Crippen LogP contribution in [0.15, 0.2) is 36.1 Å². The third kappa shape index (κ3) is 3.57. The lowest BCUT2D eigenvalue weighted by Crippen LogP contribution is -2.14. The van der Waals surface area contributed by atoms with Gasteiger partial charge in [-0.1, -0.05) is 12.1 Å². The molecule has 0 spiro atoms. The van der Waals surface area contributed by atoms with E-state index >= 15 is 0 Å². The van der Waals surface area contributed by atoms with Crippen molar-refractivity contribution >= 4 is 17.8 Å². The van der Waals surface area contributed by atoms with Crippen LogP contribution in [0, 0.1) is 6.92 Å². The number of rotatable bonds is 6. The first-order valence-corrected chi connectivity index (χ1v) is 8.48. The number of ether oxygens (including phenoxy) is 5. The first-order valence-electron chi connectivity index (χ1n) is 8.48. The fourth-order valence-electron chi connectivity index (χ4n) is 2.92. The summed E-state index contributed by atoms with van der Waals surface area (Å²) in [6.45, 7) is 1.55. The highest BCUT2D eigenvalue weighted by molar-refractivity contribution is 6.15. The number of carbonyl (C=O) groups is 2. The van der Waals surface area contributed by atoms with Gasteiger partial charge in [0.05, 0.1) is 19.8 Å². The van der Waals surface area contributed by atoms with Crippen molar-refractivity contribution in [1.29, 1.82) is 0 Å². The van der Waals surface area contributed by atoms with Crippen molar-refractivity contribution in [3.8, 4) is 23.0 Å². The molecule has 0 saturated heterocycles. The maximum absolute atomic E-state index is 12.8. The van der Waals surface area contributed by atoms with Gasteiger partial charge in [0.15, 0.2) is 17.3 Å². The summed E-state index contributed by atoms with van der Waals surface area (Å²) in [6, 6.07) is 8.48. The zero-order chi connectivity index (χ0) is 20.3. The summed E-state index contributed by atoms with van der Waals surface area (Å²) >= 11 is 0. The summed E-state index contributed by atoms with van der Waals surface area (Å²) in [5.74, 6) is 1.06. The van der Waals surface area contributed by atoms with Gasteiger partial charge < -0.3 is 23.7 Å². The lowest BCUT2D eigenvalue weighted by atomic mass is 10.1. The Morgan fingerprint density at radius 2 is 1.86 bits per heavy atom. The van der Waals surface area contributed by atoms with Crippen molar-refractivity contribution in [2.24, 2.45) is 0 Å². The minimum absolute atomic E-state index is 0.144. The second-order valence-electron chi connectivity index (χ2n) is 5.99. The van der Waals surface area contributed by atoms with Crippen LogP contribution in [0.3, 0.4) is 0 Å². The van der Waals surface area contributed by atoms with Crippen molar-refractivity contribution in [2.75, 3.05) is 27.9 Å². The van der Waals surface area contributed by atoms with Gasteiger partial charge in [-0.3, -0.25) is 4.79 Å². The number of para-hydroxylation sites is 1. The second kappa shape index (κ2) is 8.14. The van der Waals surface area contributed by atoms with Crippen LogP contribution in [-0.2, 0) is 9.53 Å². The van der Waals surface area contributed by atoms with Crippen molar-refractivity contribution in [3.63, 3.8) is 0 Å². The Morgan fingerprint density at radius 1 is 1.07 bits per heavy atom. The lowest BCUT2D eigenvalue weighted by Gasteiger charge is -2.11. The zero-order valence-corrected chi connectivity index (χ0v) is 16.0. The molecule has 1 heterocycles. The minimum Gasteiger partial charge on any atom is -0.493 e. The Balaban J connectivity index is 1.95. The molecule has 0 saturated carbocycles. The number of benzene rings is 2. The van der Waals surface area contributed by atoms with Gasteiger partial charge in [-0.25, -0.2) is 4.79 Å². The van der Waals surface area contributed by atoms with Crippen LogP contribution < -0.4 is 18.9 Å². The zero-order valence-electron chi connectivity index (χ0n) is 16.0. The van der Waals surface area contributed by atoms with Gasteiger partial charge in [0.25, 0.3) is 0 Å². The van der Waals surface area contributed by atoms with Crippen LogP contribution in [0.2, 0.25) is 0 Å². The fourth-order valence-corrected chi connectivity index (χ4v) is 2.92. The fraction of sp³-hybridized carbons (Fsp3) is 0.238. The van der Waals surface area contributed by atoms with Gasteiger partial charge >= 0.3 is 5.97 Å². The second-order valence-corrected chi connectivity index (χ2v) is 5.99. The Hall–Kier alpha value is -3.32. The standard InChI is InChI=1S/C21H20O7/c1-12-15(27-18(22)11-24-2)9-8-14-19(23)17(28-20(12)14)10-13-6-5-7-16(25-3)21(13)26-4/h5-10H,11H2,1-4H3/b17-10-. The van der Waals surface area contributed by atoms with Crippen LogP contribution in [0.5, 0.6) is 23.0 Å². The maximum atomic E-state index is 12.8. The van der Waals surface area contributed by atoms with E-state index in [9.17, 15) is 9.59 Å². The van der Waals surface area contributed by atoms with Gasteiger partial charge in [-0.2, -0.15) is 0 Å². The molecule has 2 aromatic carbocycles. The van der Waals surface area contributed by atoms with Crippen molar-refractivity contribution in [3.05, 3.63) is 52.8 Å². The number of Topliss-reactive ketones (excluding diaryl/α,β-unsaturated/α-hetero) is 1. The van der Waals surface area contributed by atoms with E-state index in [0.717, 1.165) is 0 Å². The monoisotopic (exact) mass is 384 g/mol. The molecule has 0 radical (unpaired) electrons. The van der Waals surface area contributed by atoms with E-state index in [1.54, 1.807) is 43.3 Å². The SMILES string of the molecule is COCC(=O)Oc1ccc2c(c1C)O/C(=C\c1cccc(OC)c1OC)C2=O. The number of esters is 1. The van der Waals surface area contributed by atoms with E-state index < -0.39 is 5.97 Å². The van der Waals surface area contributed by atoms with Crippen LogP contribution in [0.25, 0.3) is 6.08 Å².